The summed E-state index contributed by atoms with van der Waals surface area (Å²) in [5.74, 6) is 0. The second-order valence-corrected chi connectivity index (χ2v) is 9.97. The molecule has 0 aliphatic heterocycles. The van der Waals surface area contributed by atoms with E-state index in [1.54, 1.807) is 0 Å². The molecule has 0 bridgehead atoms. The summed E-state index contributed by atoms with van der Waals surface area (Å²) >= 11 is 0. The molecule has 0 fully saturated rings. The molecule has 0 saturated carbocycles. The van der Waals surface area contributed by atoms with Crippen molar-refractivity contribution in [3.05, 3.63) is 0 Å². The maximum atomic E-state index is 11.3. The molecule has 0 amide bonds. The standard InChI is InChI=1S/C29H58O7/c1-3-5-7-9-11-13-15-17-19-21-23-25-27-31-35-33-29(30)34-36-32-28-26-24-22-20-18-16-14-12-10-8-6-4-2/h3-28H2,1-2H3. The summed E-state index contributed by atoms with van der Waals surface area (Å²) in [6, 6.07) is 0. The molecule has 216 valence electrons. The van der Waals surface area contributed by atoms with E-state index in [2.05, 4.69) is 33.7 Å². The van der Waals surface area contributed by atoms with Gasteiger partial charge in [0.2, 0.25) is 0 Å². The van der Waals surface area contributed by atoms with Gasteiger partial charge in [-0.1, -0.05) is 155 Å². The van der Waals surface area contributed by atoms with Crippen LogP contribution in [0.25, 0.3) is 0 Å². The number of carbonyl (C=O) groups excluding carboxylic acids is 1. The predicted molar refractivity (Wildman–Crippen MR) is 144 cm³/mol. The van der Waals surface area contributed by atoms with Crippen molar-refractivity contribution in [2.45, 2.75) is 168 Å². The number of rotatable bonds is 30. The van der Waals surface area contributed by atoms with Gasteiger partial charge in [-0.25, -0.2) is 9.78 Å². The zero-order chi connectivity index (χ0) is 26.2. The highest BCUT2D eigenvalue weighted by molar-refractivity contribution is 5.57. The monoisotopic (exact) mass is 518 g/mol. The molecular weight excluding hydrogens is 460 g/mol. The van der Waals surface area contributed by atoms with Gasteiger partial charge in [0.1, 0.15) is 0 Å². The molecule has 0 aliphatic rings. The zero-order valence-corrected chi connectivity index (χ0v) is 23.7. The first-order chi connectivity index (χ1) is 17.8. The van der Waals surface area contributed by atoms with E-state index in [0.717, 1.165) is 25.7 Å². The maximum Gasteiger partial charge on any atom is 0.577 e. The molecule has 0 radical (unpaired) electrons. The van der Waals surface area contributed by atoms with Crippen molar-refractivity contribution < 1.29 is 34.4 Å². The van der Waals surface area contributed by atoms with Gasteiger partial charge in [-0.3, -0.25) is 0 Å². The van der Waals surface area contributed by atoms with Crippen LogP contribution in [0.5, 0.6) is 0 Å². The molecule has 0 aliphatic carbocycles. The fraction of sp³-hybridized carbons (Fsp3) is 0.966. The van der Waals surface area contributed by atoms with Gasteiger partial charge in [-0.15, -0.1) is 0 Å². The quantitative estimate of drug-likeness (QED) is 0.0532. The van der Waals surface area contributed by atoms with Gasteiger partial charge in [0.05, 0.1) is 13.2 Å². The number of hydrogen-bond donors (Lipinski definition) is 0. The van der Waals surface area contributed by atoms with E-state index in [1.165, 1.54) is 128 Å². The van der Waals surface area contributed by atoms with Crippen LogP contribution in [0.15, 0.2) is 0 Å². The van der Waals surface area contributed by atoms with Crippen LogP contribution in [-0.2, 0) is 29.6 Å². The van der Waals surface area contributed by atoms with Crippen molar-refractivity contribution in [3.8, 4) is 0 Å². The Morgan fingerprint density at radius 2 is 0.639 bits per heavy atom. The fourth-order valence-corrected chi connectivity index (χ4v) is 4.19. The molecule has 7 nitrogen and oxygen atoms in total. The van der Waals surface area contributed by atoms with E-state index in [0.29, 0.717) is 13.2 Å². The Morgan fingerprint density at radius 1 is 0.389 bits per heavy atom. The molecular formula is C29H58O7. The van der Waals surface area contributed by atoms with Crippen LogP contribution in [0.1, 0.15) is 168 Å². The van der Waals surface area contributed by atoms with Crippen LogP contribution in [0.2, 0.25) is 0 Å². The smallest absolute Gasteiger partial charge is 0.226 e. The van der Waals surface area contributed by atoms with Crippen LogP contribution in [0.3, 0.4) is 0 Å². The van der Waals surface area contributed by atoms with E-state index >= 15 is 0 Å². The van der Waals surface area contributed by atoms with Crippen molar-refractivity contribution in [3.63, 3.8) is 0 Å². The lowest BCUT2D eigenvalue weighted by molar-refractivity contribution is -0.527. The Kier molecular flexibility index (Phi) is 31.3. The lowest BCUT2D eigenvalue weighted by Gasteiger charge is -2.04. The van der Waals surface area contributed by atoms with Crippen LogP contribution >= 0.6 is 0 Å². The topological polar surface area (TPSA) is 72.5 Å². The second-order valence-electron chi connectivity index (χ2n) is 9.97. The molecule has 0 spiro atoms. The molecule has 0 aromatic carbocycles. The second kappa shape index (κ2) is 32.1. The summed E-state index contributed by atoms with van der Waals surface area (Å²) in [5.41, 5.74) is 0. The van der Waals surface area contributed by atoms with Gasteiger partial charge in [0, 0.05) is 0 Å². The van der Waals surface area contributed by atoms with Crippen LogP contribution < -0.4 is 0 Å². The molecule has 0 atom stereocenters. The highest BCUT2D eigenvalue weighted by Crippen LogP contribution is 2.13. The van der Waals surface area contributed by atoms with Crippen molar-refractivity contribution in [1.82, 2.24) is 0 Å². The molecule has 0 unspecified atom stereocenters. The Bertz CT molecular complexity index is 384. The Morgan fingerprint density at radius 3 is 0.917 bits per heavy atom. The van der Waals surface area contributed by atoms with Gasteiger partial charge in [-0.2, -0.15) is 14.6 Å². The van der Waals surface area contributed by atoms with Crippen LogP contribution in [0.4, 0.5) is 4.79 Å². The molecule has 0 N–H and O–H groups in total. The summed E-state index contributed by atoms with van der Waals surface area (Å²) in [7, 11) is 0. The Labute approximate surface area is 222 Å². The number of unbranched alkanes of at least 4 members (excludes halogenated alkanes) is 22. The average molecular weight is 519 g/mol. The minimum absolute atomic E-state index is 0.362. The SMILES string of the molecule is CCCCCCCCCCCCCCOOOC(=O)OOOCCCCCCCCCCCCCC. The van der Waals surface area contributed by atoms with E-state index < -0.39 is 6.16 Å². The normalized spacial score (nSPS) is 11.2. The molecule has 7 heteroatoms. The van der Waals surface area contributed by atoms with E-state index in [9.17, 15) is 4.79 Å². The number of hydrogen-bond acceptors (Lipinski definition) is 7. The minimum Gasteiger partial charge on any atom is -0.226 e. The molecule has 36 heavy (non-hydrogen) atoms. The highest BCUT2D eigenvalue weighted by Gasteiger charge is 2.08. The number of carbonyl (C=O) groups is 1. The van der Waals surface area contributed by atoms with Crippen LogP contribution in [0, 0.1) is 0 Å². The van der Waals surface area contributed by atoms with Gasteiger partial charge in [0.15, 0.2) is 0 Å². The summed E-state index contributed by atoms with van der Waals surface area (Å²) in [6.07, 6.45) is 29.3. The fourth-order valence-electron chi connectivity index (χ4n) is 4.19. The van der Waals surface area contributed by atoms with Crippen molar-refractivity contribution in [2.24, 2.45) is 0 Å². The van der Waals surface area contributed by atoms with E-state index in [-0.39, 0.29) is 0 Å². The summed E-state index contributed by atoms with van der Waals surface area (Å²) in [5, 5.41) is 8.72. The summed E-state index contributed by atoms with van der Waals surface area (Å²) in [6.45, 7) is 5.23. The van der Waals surface area contributed by atoms with Gasteiger partial charge >= 0.3 is 6.16 Å². The maximum absolute atomic E-state index is 11.3. The lowest BCUT2D eigenvalue weighted by atomic mass is 10.1. The van der Waals surface area contributed by atoms with Gasteiger partial charge in [-0.05, 0) is 22.9 Å². The summed E-state index contributed by atoms with van der Waals surface area (Å²) in [4.78, 5) is 29.4. The Hall–Kier alpha value is -0.890. The third kappa shape index (κ3) is 31.1. The molecule has 0 heterocycles. The summed E-state index contributed by atoms with van der Waals surface area (Å²) < 4.78 is 0. The van der Waals surface area contributed by atoms with Gasteiger partial charge in [0.25, 0.3) is 0 Å². The van der Waals surface area contributed by atoms with Crippen molar-refractivity contribution in [1.29, 1.82) is 0 Å². The highest BCUT2D eigenvalue weighted by atomic mass is 17.6. The third-order valence-corrected chi connectivity index (χ3v) is 6.46. The predicted octanol–water partition coefficient (Wildman–Crippen LogP) is 10.3. The van der Waals surface area contributed by atoms with Gasteiger partial charge < -0.3 is 0 Å². The van der Waals surface area contributed by atoms with E-state index in [4.69, 9.17) is 9.78 Å². The van der Waals surface area contributed by atoms with Crippen LogP contribution in [-0.4, -0.2) is 19.4 Å². The molecule has 0 saturated heterocycles. The molecule has 0 aromatic rings. The van der Waals surface area contributed by atoms with Crippen molar-refractivity contribution >= 4 is 6.16 Å². The first-order valence-corrected chi connectivity index (χ1v) is 15.3. The first kappa shape index (κ1) is 35.1. The first-order valence-electron chi connectivity index (χ1n) is 15.3. The lowest BCUT2D eigenvalue weighted by Crippen LogP contribution is -2.10. The van der Waals surface area contributed by atoms with E-state index in [1.807, 2.05) is 0 Å². The molecule has 0 rings (SSSR count). The molecule has 0 aromatic heterocycles. The zero-order valence-electron chi connectivity index (χ0n) is 23.7. The minimum atomic E-state index is -1.17. The third-order valence-electron chi connectivity index (χ3n) is 6.46. The largest absolute Gasteiger partial charge is 0.577 e. The Balaban J connectivity index is 3.14. The average Bonchev–Trinajstić information content (AvgIpc) is 2.88. The van der Waals surface area contributed by atoms with Crippen molar-refractivity contribution in [2.75, 3.05) is 13.2 Å².